The topological polar surface area (TPSA) is 56.1 Å². The second kappa shape index (κ2) is 7.66. The monoisotopic (exact) mass is 423 g/mol. The molecule has 1 aromatic carbocycles. The van der Waals surface area contributed by atoms with Crippen molar-refractivity contribution < 1.29 is 9.13 Å². The van der Waals surface area contributed by atoms with E-state index in [4.69, 9.17) is 21.3 Å². The molecule has 0 spiro atoms. The first-order chi connectivity index (χ1) is 14.6. The molecule has 152 valence electrons. The van der Waals surface area contributed by atoms with Crippen molar-refractivity contribution in [2.45, 2.75) is 6.10 Å². The summed E-state index contributed by atoms with van der Waals surface area (Å²) < 4.78 is 22.2. The van der Waals surface area contributed by atoms with Gasteiger partial charge >= 0.3 is 0 Å². The van der Waals surface area contributed by atoms with Crippen molar-refractivity contribution in [3.05, 3.63) is 71.4 Å². The molecule has 0 radical (unpaired) electrons. The van der Waals surface area contributed by atoms with Gasteiger partial charge in [-0.1, -0.05) is 11.6 Å². The molecule has 1 saturated heterocycles. The fourth-order valence-electron chi connectivity index (χ4n) is 3.80. The predicted octanol–water partition coefficient (Wildman–Crippen LogP) is 4.40. The van der Waals surface area contributed by atoms with E-state index in [1.165, 1.54) is 6.07 Å². The minimum absolute atomic E-state index is 0.0626. The van der Waals surface area contributed by atoms with Crippen molar-refractivity contribution in [2.24, 2.45) is 7.05 Å². The average molecular weight is 424 g/mol. The quantitative estimate of drug-likeness (QED) is 0.489. The van der Waals surface area contributed by atoms with Crippen LogP contribution in [0.2, 0.25) is 5.02 Å². The van der Waals surface area contributed by atoms with Gasteiger partial charge in [0.2, 0.25) is 0 Å². The van der Waals surface area contributed by atoms with Gasteiger partial charge in [0.25, 0.3) is 0 Å². The second-order valence-electron chi connectivity index (χ2n) is 7.28. The third-order valence-electron chi connectivity index (χ3n) is 5.30. The van der Waals surface area contributed by atoms with Gasteiger partial charge in [0, 0.05) is 54.1 Å². The van der Waals surface area contributed by atoms with Gasteiger partial charge in [-0.05, 0) is 42.0 Å². The van der Waals surface area contributed by atoms with Crippen LogP contribution in [-0.2, 0) is 11.8 Å². The number of anilines is 1. The highest BCUT2D eigenvalue weighted by atomic mass is 35.5. The van der Waals surface area contributed by atoms with Crippen molar-refractivity contribution in [3.8, 4) is 11.1 Å². The van der Waals surface area contributed by atoms with Crippen LogP contribution in [0.15, 0.2) is 55.0 Å². The van der Waals surface area contributed by atoms with Crippen LogP contribution in [0.4, 0.5) is 10.2 Å². The summed E-state index contributed by atoms with van der Waals surface area (Å²) in [7, 11) is 1.89. The number of aryl methyl sites for hydroxylation is 1. The van der Waals surface area contributed by atoms with Crippen LogP contribution in [0.25, 0.3) is 22.2 Å². The molecule has 4 heterocycles. The molecule has 0 bridgehead atoms. The van der Waals surface area contributed by atoms with Crippen molar-refractivity contribution in [1.82, 2.24) is 19.7 Å². The van der Waals surface area contributed by atoms with Crippen LogP contribution in [0.3, 0.4) is 0 Å². The Morgan fingerprint density at radius 3 is 2.87 bits per heavy atom. The Labute approximate surface area is 177 Å². The number of morpholine rings is 1. The Morgan fingerprint density at radius 1 is 1.17 bits per heavy atom. The Hall–Kier alpha value is -3.03. The summed E-state index contributed by atoms with van der Waals surface area (Å²) in [5, 5.41) is 5.39. The summed E-state index contributed by atoms with van der Waals surface area (Å²) in [6.07, 6.45) is 5.39. The molecule has 1 unspecified atom stereocenters. The van der Waals surface area contributed by atoms with Crippen molar-refractivity contribution in [2.75, 3.05) is 24.6 Å². The number of hydrogen-bond donors (Lipinski definition) is 0. The van der Waals surface area contributed by atoms with Gasteiger partial charge in [-0.25, -0.2) is 14.4 Å². The molecular formula is C22H19ClFN5O. The van der Waals surface area contributed by atoms with E-state index in [9.17, 15) is 4.39 Å². The van der Waals surface area contributed by atoms with Crippen LogP contribution in [0, 0.1) is 5.82 Å². The normalized spacial score (nSPS) is 16.9. The molecule has 6 nitrogen and oxygen atoms in total. The van der Waals surface area contributed by atoms with E-state index < -0.39 is 0 Å². The number of benzene rings is 1. The van der Waals surface area contributed by atoms with Crippen LogP contribution in [0.5, 0.6) is 0 Å². The lowest BCUT2D eigenvalue weighted by Crippen LogP contribution is -2.38. The molecular weight excluding hydrogens is 405 g/mol. The van der Waals surface area contributed by atoms with Crippen LogP contribution < -0.4 is 4.90 Å². The van der Waals surface area contributed by atoms with E-state index in [0.717, 1.165) is 28.9 Å². The third kappa shape index (κ3) is 3.51. The van der Waals surface area contributed by atoms with Gasteiger partial charge in [-0.3, -0.25) is 4.68 Å². The average Bonchev–Trinajstić information content (AvgIpc) is 3.20. The number of aromatic nitrogens is 4. The van der Waals surface area contributed by atoms with Gasteiger partial charge in [0.15, 0.2) is 5.65 Å². The number of hydrogen-bond acceptors (Lipinski definition) is 5. The number of halogens is 2. The van der Waals surface area contributed by atoms with Gasteiger partial charge in [0.05, 0.1) is 12.8 Å². The number of fused-ring (bicyclic) bond motifs is 1. The lowest BCUT2D eigenvalue weighted by Gasteiger charge is -2.33. The molecule has 0 saturated carbocycles. The molecule has 4 aromatic rings. The van der Waals surface area contributed by atoms with E-state index in [1.54, 1.807) is 29.1 Å². The molecule has 1 aliphatic heterocycles. The highest BCUT2D eigenvalue weighted by molar-refractivity contribution is 6.30. The summed E-state index contributed by atoms with van der Waals surface area (Å²) >= 11 is 5.90. The molecule has 0 N–H and O–H groups in total. The van der Waals surface area contributed by atoms with E-state index >= 15 is 0 Å². The summed E-state index contributed by atoms with van der Waals surface area (Å²) in [5.41, 5.74) is 2.83. The molecule has 8 heteroatoms. The number of pyridine rings is 2. The summed E-state index contributed by atoms with van der Waals surface area (Å²) in [6, 6.07) is 10.4. The van der Waals surface area contributed by atoms with Crippen molar-refractivity contribution in [3.63, 3.8) is 0 Å². The van der Waals surface area contributed by atoms with Gasteiger partial charge in [-0.15, -0.1) is 0 Å². The number of ether oxygens (including phenoxy) is 1. The zero-order valence-electron chi connectivity index (χ0n) is 16.3. The standard InChI is InChI=1S/C22H19ClFN5O/c1-28-12-14(11-26-28)20-13-29(8-9-30-20)21-5-4-18-16(6-7-25-22(18)27-21)17-3-2-15(23)10-19(17)24/h2-7,10-12,20H,8-9,13H2,1H3. The van der Waals surface area contributed by atoms with E-state index in [1.807, 2.05) is 31.6 Å². The Kier molecular flexibility index (Phi) is 4.84. The smallest absolute Gasteiger partial charge is 0.162 e. The van der Waals surface area contributed by atoms with Gasteiger partial charge in [-0.2, -0.15) is 5.10 Å². The second-order valence-corrected chi connectivity index (χ2v) is 7.71. The maximum absolute atomic E-state index is 14.5. The Bertz CT molecular complexity index is 1230. The van der Waals surface area contributed by atoms with Crippen molar-refractivity contribution in [1.29, 1.82) is 0 Å². The summed E-state index contributed by atoms with van der Waals surface area (Å²) in [4.78, 5) is 11.4. The predicted molar refractivity (Wildman–Crippen MR) is 114 cm³/mol. The van der Waals surface area contributed by atoms with Crippen LogP contribution in [0.1, 0.15) is 11.7 Å². The van der Waals surface area contributed by atoms with Crippen molar-refractivity contribution >= 4 is 28.5 Å². The molecule has 0 amide bonds. The highest BCUT2D eigenvalue weighted by Gasteiger charge is 2.24. The third-order valence-corrected chi connectivity index (χ3v) is 5.53. The first-order valence-corrected chi connectivity index (χ1v) is 10.0. The minimum Gasteiger partial charge on any atom is -0.370 e. The summed E-state index contributed by atoms with van der Waals surface area (Å²) in [5.74, 6) is 0.451. The first-order valence-electron chi connectivity index (χ1n) is 9.65. The first kappa shape index (κ1) is 19.0. The zero-order valence-corrected chi connectivity index (χ0v) is 17.1. The lowest BCUT2D eigenvalue weighted by molar-refractivity contribution is 0.0395. The molecule has 30 heavy (non-hydrogen) atoms. The van der Waals surface area contributed by atoms with Gasteiger partial charge in [0.1, 0.15) is 17.7 Å². The fraction of sp³-hybridized carbons (Fsp3) is 0.227. The summed E-state index contributed by atoms with van der Waals surface area (Å²) in [6.45, 7) is 2.01. The van der Waals surface area contributed by atoms with E-state index in [-0.39, 0.29) is 11.9 Å². The molecule has 1 atom stereocenters. The molecule has 0 aliphatic carbocycles. The lowest BCUT2D eigenvalue weighted by atomic mass is 10.0. The minimum atomic E-state index is -0.369. The highest BCUT2D eigenvalue weighted by Crippen LogP contribution is 2.32. The molecule has 1 aliphatic rings. The largest absolute Gasteiger partial charge is 0.370 e. The Balaban J connectivity index is 1.48. The van der Waals surface area contributed by atoms with Crippen LogP contribution >= 0.6 is 11.6 Å². The Morgan fingerprint density at radius 2 is 2.07 bits per heavy atom. The van der Waals surface area contributed by atoms with E-state index in [0.29, 0.717) is 29.4 Å². The number of rotatable bonds is 3. The van der Waals surface area contributed by atoms with Gasteiger partial charge < -0.3 is 9.64 Å². The molecule has 3 aromatic heterocycles. The van der Waals surface area contributed by atoms with Crippen LogP contribution in [-0.4, -0.2) is 39.4 Å². The maximum atomic E-state index is 14.5. The van der Waals surface area contributed by atoms with E-state index in [2.05, 4.69) is 15.0 Å². The number of nitrogens with zero attached hydrogens (tertiary/aromatic N) is 5. The molecule has 5 rings (SSSR count). The zero-order chi connectivity index (χ0) is 20.7. The SMILES string of the molecule is Cn1cc(C2CN(c3ccc4c(-c5ccc(Cl)cc5F)ccnc4n3)CCO2)cn1. The fourth-order valence-corrected chi connectivity index (χ4v) is 3.96. The molecule has 1 fully saturated rings. The maximum Gasteiger partial charge on any atom is 0.162 e.